The smallest absolute Gasteiger partial charge is 0.461 e. The fraction of sp³-hybridized carbons (Fsp3) is 0.333. The van der Waals surface area contributed by atoms with Gasteiger partial charge in [-0.05, 0) is 151 Å². The molecule has 13 rings (SSSR count). The number of pyridine rings is 4. The molecule has 0 radical (unpaired) electrons. The normalized spacial score (nSPS) is 14.9. The maximum absolute atomic E-state index is 15.4. The summed E-state index contributed by atoms with van der Waals surface area (Å²) in [4.78, 5) is 96.8. The molecule has 550 valence electrons. The van der Waals surface area contributed by atoms with Crippen LogP contribution in [0.3, 0.4) is 0 Å². The summed E-state index contributed by atoms with van der Waals surface area (Å²) in [6, 6.07) is 31.1. The molecule has 0 bridgehead atoms. The third-order valence-corrected chi connectivity index (χ3v) is 19.0. The number of ether oxygens (including phenoxy) is 4. The molecule has 2 N–H and O–H groups in total. The minimum absolute atomic E-state index is 0.0112. The van der Waals surface area contributed by atoms with E-state index in [-0.39, 0.29) is 46.6 Å². The molecule has 0 aliphatic carbocycles. The van der Waals surface area contributed by atoms with Crippen LogP contribution in [0.25, 0.3) is 44.0 Å². The predicted molar refractivity (Wildman–Crippen MR) is 402 cm³/mol. The summed E-state index contributed by atoms with van der Waals surface area (Å²) >= 11 is 3.39. The summed E-state index contributed by atoms with van der Waals surface area (Å²) in [7, 11) is -0.761. The Morgan fingerprint density at radius 2 is 0.991 bits per heavy atom. The van der Waals surface area contributed by atoms with Crippen LogP contribution in [0.5, 0.6) is 0 Å². The Morgan fingerprint density at radius 1 is 0.547 bits per heavy atom. The maximum atomic E-state index is 15.4. The Bertz CT molecular complexity index is 5060. The molecule has 4 aromatic carbocycles. The summed E-state index contributed by atoms with van der Waals surface area (Å²) in [5.41, 5.74) is 3.15. The van der Waals surface area contributed by atoms with Crippen molar-refractivity contribution in [3.8, 4) is 22.5 Å². The van der Waals surface area contributed by atoms with Crippen LogP contribution >= 0.6 is 15.9 Å². The zero-order valence-electron chi connectivity index (χ0n) is 61.0. The lowest BCUT2D eigenvalue weighted by Gasteiger charge is -2.32. The van der Waals surface area contributed by atoms with Crippen LogP contribution in [0.4, 0.5) is 32.1 Å². The van der Waals surface area contributed by atoms with Gasteiger partial charge in [0.1, 0.15) is 48.1 Å². The molecule has 0 unspecified atom stereocenters. The molecular formula is C78H82BBrF2N12O12. The van der Waals surface area contributed by atoms with Gasteiger partial charge in [-0.1, -0.05) is 81.7 Å². The first-order chi connectivity index (χ1) is 50.3. The minimum atomic E-state index is -0.761. The van der Waals surface area contributed by atoms with Gasteiger partial charge in [0.2, 0.25) is 0 Å². The molecule has 2 amide bonds. The molecule has 6 aromatic heterocycles. The van der Waals surface area contributed by atoms with Crippen molar-refractivity contribution in [1.29, 1.82) is 0 Å². The molecule has 3 aliphatic heterocycles. The highest BCUT2D eigenvalue weighted by atomic mass is 79.9. The lowest BCUT2D eigenvalue weighted by molar-refractivity contribution is -0.143. The van der Waals surface area contributed by atoms with Crippen molar-refractivity contribution in [2.24, 2.45) is 0 Å². The third kappa shape index (κ3) is 17.7. The Labute approximate surface area is 620 Å². The van der Waals surface area contributed by atoms with E-state index in [0.717, 1.165) is 25.0 Å². The number of halogens is 3. The van der Waals surface area contributed by atoms with Crippen LogP contribution in [0.1, 0.15) is 126 Å². The number of carbonyl (C=O) groups is 4. The van der Waals surface area contributed by atoms with Crippen LogP contribution in [-0.4, -0.2) is 144 Å². The summed E-state index contributed by atoms with van der Waals surface area (Å²) in [5.74, 6) is -0.0607. The van der Waals surface area contributed by atoms with Crippen LogP contribution in [0, 0.1) is 11.6 Å². The van der Waals surface area contributed by atoms with E-state index >= 15 is 8.78 Å². The quantitative estimate of drug-likeness (QED) is 0.0756. The first kappa shape index (κ1) is 76.6. The Balaban J connectivity index is 0.000000170. The van der Waals surface area contributed by atoms with Crippen molar-refractivity contribution in [3.63, 3.8) is 0 Å². The van der Waals surface area contributed by atoms with Gasteiger partial charge in [-0.2, -0.15) is 19.6 Å². The van der Waals surface area contributed by atoms with Gasteiger partial charge in [-0.3, -0.25) is 28.8 Å². The van der Waals surface area contributed by atoms with Gasteiger partial charge < -0.3 is 48.7 Å². The van der Waals surface area contributed by atoms with Crippen molar-refractivity contribution in [2.45, 2.75) is 118 Å². The summed E-state index contributed by atoms with van der Waals surface area (Å²) in [5, 5.41) is 15.7. The molecule has 24 nitrogen and oxygen atoms in total. The van der Waals surface area contributed by atoms with Crippen molar-refractivity contribution in [3.05, 3.63) is 217 Å². The number of aromatic nitrogens is 8. The average Bonchev–Trinajstić information content (AvgIpc) is 1.53. The van der Waals surface area contributed by atoms with E-state index in [0.29, 0.717) is 137 Å². The molecule has 28 heteroatoms. The van der Waals surface area contributed by atoms with Gasteiger partial charge in [0.05, 0.1) is 83.3 Å². The van der Waals surface area contributed by atoms with Crippen LogP contribution in [-0.2, 0) is 61.9 Å². The van der Waals surface area contributed by atoms with Gasteiger partial charge in [0, 0.05) is 91.2 Å². The van der Waals surface area contributed by atoms with Crippen molar-refractivity contribution in [2.75, 3.05) is 63.2 Å². The number of amides is 2. The van der Waals surface area contributed by atoms with E-state index in [1.807, 2.05) is 87.4 Å². The molecule has 3 aliphatic rings. The van der Waals surface area contributed by atoms with Crippen molar-refractivity contribution >= 4 is 97.1 Å². The number of fused-ring (bicyclic) bond motifs is 2. The number of hydrogen-bond donors (Lipinski definition) is 2. The number of anilines is 4. The lowest BCUT2D eigenvalue weighted by atomic mass is 9.75. The molecule has 3 saturated heterocycles. The second kappa shape index (κ2) is 32.1. The number of esters is 2. The average molecular weight is 1510 g/mol. The maximum Gasteiger partial charge on any atom is 0.495 e. The second-order valence-corrected chi connectivity index (χ2v) is 29.5. The number of nitrogens with one attached hydrogen (secondary N) is 2. The van der Waals surface area contributed by atoms with E-state index in [1.165, 1.54) is 44.6 Å². The third-order valence-electron chi connectivity index (χ3n) is 18.5. The van der Waals surface area contributed by atoms with Gasteiger partial charge in [0.15, 0.2) is 0 Å². The molecule has 10 aromatic rings. The molecule has 0 saturated carbocycles. The number of hydrogen-bond acceptors (Lipinski definition) is 20. The standard InChI is InChI=1S/C36H35FN6O5.C27H32BFN2O5.C15H15BrN4O2/c1-22(44)48-21-28-27(6-5-7-30(28)43-35(46)33-25(20-40-43)16-26(18-29(33)37)36(2,3)4)23-10-11-38-32(17-23)41-31-9-8-24(19-39-31)34(45)42-12-14-47-15-13-42;1-16(32)34-15-19-20(28-35-26(5,6)27(7,8)36-28)10-9-11-22(19)31-24(33)23-17(14-30-31)12-18(13-21(23)29)25(2,3)4;16-12-3-4-17-14(9-12)19-13-2-1-11(10-18-13)15(21)20-5-7-22-8-6-20/h5-11,16-20H,12-15,21H2,1-4H3,(H,38,39,41);9-14H,15H2,1-8H3;1-4,9-10H,5-8H2,(H,17,18,19). The fourth-order valence-electron chi connectivity index (χ4n) is 11.8. The largest absolute Gasteiger partial charge is 0.495 e. The number of rotatable bonds is 14. The monoisotopic (exact) mass is 1510 g/mol. The first-order valence-corrected chi connectivity index (χ1v) is 35.2. The van der Waals surface area contributed by atoms with Gasteiger partial charge >= 0.3 is 19.1 Å². The van der Waals surface area contributed by atoms with E-state index in [2.05, 4.69) is 56.7 Å². The highest BCUT2D eigenvalue weighted by molar-refractivity contribution is 9.10. The zero-order chi connectivity index (χ0) is 76.0. The molecular weight excluding hydrogens is 1430 g/mol. The summed E-state index contributed by atoms with van der Waals surface area (Å²) in [6.07, 6.45) is 9.36. The fourth-order valence-corrected chi connectivity index (χ4v) is 12.2. The lowest BCUT2D eigenvalue weighted by Crippen LogP contribution is -2.41. The van der Waals surface area contributed by atoms with E-state index in [1.54, 1.807) is 107 Å². The Kier molecular flexibility index (Phi) is 23.2. The van der Waals surface area contributed by atoms with E-state index in [9.17, 15) is 28.8 Å². The van der Waals surface area contributed by atoms with Crippen LogP contribution in [0.15, 0.2) is 160 Å². The molecule has 3 fully saturated rings. The molecule has 0 atom stereocenters. The zero-order valence-corrected chi connectivity index (χ0v) is 62.6. The van der Waals surface area contributed by atoms with E-state index in [4.69, 9.17) is 28.3 Å². The SMILES string of the molecule is CC(=O)OCc1c(-c2ccnc(Nc3ccc(C(=O)N4CCOCC4)cn3)c2)cccc1-n1ncc2cc(C(C)(C)C)cc(F)c2c1=O.CC(=O)OCc1c(B2OC(C)(C)C(C)(C)O2)cccc1-n1ncc2cc(C(C)(C)C)cc(F)c2c1=O.O=C(c1ccc(Nc2cc(Br)ccn2)nc1)N1CCOCC1. The minimum Gasteiger partial charge on any atom is -0.461 e. The molecule has 9 heterocycles. The number of benzene rings is 4. The van der Waals surface area contributed by atoms with Crippen LogP contribution in [0.2, 0.25) is 0 Å². The predicted octanol–water partition coefficient (Wildman–Crippen LogP) is 12.2. The summed E-state index contributed by atoms with van der Waals surface area (Å²) < 4.78 is 67.7. The van der Waals surface area contributed by atoms with Gasteiger partial charge in [-0.15, -0.1) is 0 Å². The highest BCUT2D eigenvalue weighted by Gasteiger charge is 2.52. The Morgan fingerprint density at radius 3 is 1.43 bits per heavy atom. The Hall–Kier alpha value is -10.5. The first-order valence-electron chi connectivity index (χ1n) is 34.4. The van der Waals surface area contributed by atoms with Crippen LogP contribution < -0.4 is 27.2 Å². The highest BCUT2D eigenvalue weighted by Crippen LogP contribution is 2.38. The van der Waals surface area contributed by atoms with Crippen molar-refractivity contribution in [1.82, 2.24) is 49.3 Å². The number of nitrogens with zero attached hydrogens (tertiary/aromatic N) is 10. The summed E-state index contributed by atoms with van der Waals surface area (Å²) in [6.45, 7) is 26.4. The van der Waals surface area contributed by atoms with Gasteiger partial charge in [-0.25, -0.2) is 28.7 Å². The number of carbonyl (C=O) groups excluding carboxylic acids is 4. The molecule has 0 spiro atoms. The number of morpholine rings is 2. The van der Waals surface area contributed by atoms with E-state index < -0.39 is 53.0 Å². The van der Waals surface area contributed by atoms with Gasteiger partial charge in [0.25, 0.3) is 22.9 Å². The second-order valence-electron chi connectivity index (χ2n) is 28.6. The topological polar surface area (TPSA) is 276 Å². The molecule has 106 heavy (non-hydrogen) atoms. The van der Waals surface area contributed by atoms with Crippen molar-refractivity contribution < 1.29 is 56.2 Å².